The molecule has 1 aliphatic heterocycles. The van der Waals surface area contributed by atoms with Crippen molar-refractivity contribution >= 4 is 5.91 Å². The van der Waals surface area contributed by atoms with Gasteiger partial charge in [-0.1, -0.05) is 0 Å². The Balaban J connectivity index is 1.41. The monoisotopic (exact) mass is 378 g/mol. The van der Waals surface area contributed by atoms with Crippen LogP contribution < -0.4 is 9.47 Å². The first-order valence-corrected chi connectivity index (χ1v) is 9.28. The van der Waals surface area contributed by atoms with E-state index in [0.717, 1.165) is 25.1 Å². The summed E-state index contributed by atoms with van der Waals surface area (Å²) in [5.41, 5.74) is 1.70. The molecule has 1 amide bonds. The second-order valence-electron chi connectivity index (χ2n) is 6.67. The number of hydrogen-bond donors (Lipinski definition) is 0. The standard InChI is InChI=1S/C21H22N4O3/c1-27-19-13-22-14-20(23-19)28-18-5-4-12-25(15-18)21(26)16-6-8-17(9-7-16)24-10-2-3-11-24/h2-3,6-11,13-14,18H,4-5,12,15H2,1H3. The summed E-state index contributed by atoms with van der Waals surface area (Å²) in [5, 5.41) is 0. The number of benzene rings is 1. The number of ether oxygens (including phenoxy) is 2. The predicted octanol–water partition coefficient (Wildman–Crippen LogP) is 2.96. The fraction of sp³-hybridized carbons (Fsp3) is 0.286. The van der Waals surface area contributed by atoms with Gasteiger partial charge in [0.25, 0.3) is 5.91 Å². The molecule has 0 N–H and O–H groups in total. The van der Waals surface area contributed by atoms with Gasteiger partial charge in [0, 0.05) is 30.2 Å². The van der Waals surface area contributed by atoms with Crippen LogP contribution in [0.3, 0.4) is 0 Å². The van der Waals surface area contributed by atoms with Crippen molar-refractivity contribution in [2.45, 2.75) is 18.9 Å². The van der Waals surface area contributed by atoms with Gasteiger partial charge in [0.2, 0.25) is 11.8 Å². The Hall–Kier alpha value is -3.35. The van der Waals surface area contributed by atoms with Gasteiger partial charge in [-0.3, -0.25) is 9.78 Å². The highest BCUT2D eigenvalue weighted by Gasteiger charge is 2.26. The van der Waals surface area contributed by atoms with Gasteiger partial charge in [-0.15, -0.1) is 0 Å². The van der Waals surface area contributed by atoms with Crippen LogP contribution in [0.2, 0.25) is 0 Å². The molecule has 0 bridgehead atoms. The molecular formula is C21H22N4O3. The van der Waals surface area contributed by atoms with Crippen molar-refractivity contribution in [3.63, 3.8) is 0 Å². The van der Waals surface area contributed by atoms with Crippen molar-refractivity contribution in [3.8, 4) is 17.4 Å². The van der Waals surface area contributed by atoms with Crippen LogP contribution in [-0.4, -0.2) is 51.6 Å². The first-order valence-electron chi connectivity index (χ1n) is 9.28. The summed E-state index contributed by atoms with van der Waals surface area (Å²) in [4.78, 5) is 23.0. The zero-order valence-electron chi connectivity index (χ0n) is 15.7. The van der Waals surface area contributed by atoms with E-state index in [0.29, 0.717) is 23.9 Å². The summed E-state index contributed by atoms with van der Waals surface area (Å²) in [6, 6.07) is 11.6. The van der Waals surface area contributed by atoms with Crippen LogP contribution >= 0.6 is 0 Å². The number of nitrogens with zero attached hydrogens (tertiary/aromatic N) is 4. The third kappa shape index (κ3) is 3.98. The molecule has 7 heteroatoms. The molecule has 1 unspecified atom stereocenters. The summed E-state index contributed by atoms with van der Waals surface area (Å²) < 4.78 is 13.0. The van der Waals surface area contributed by atoms with E-state index >= 15 is 0 Å². The van der Waals surface area contributed by atoms with Crippen molar-refractivity contribution < 1.29 is 14.3 Å². The van der Waals surface area contributed by atoms with E-state index in [9.17, 15) is 4.79 Å². The van der Waals surface area contributed by atoms with E-state index in [1.54, 1.807) is 6.20 Å². The van der Waals surface area contributed by atoms with E-state index in [2.05, 4.69) is 9.97 Å². The predicted molar refractivity (Wildman–Crippen MR) is 104 cm³/mol. The van der Waals surface area contributed by atoms with E-state index in [1.165, 1.54) is 13.3 Å². The molecule has 4 rings (SSSR count). The highest BCUT2D eigenvalue weighted by atomic mass is 16.5. The van der Waals surface area contributed by atoms with Gasteiger partial charge in [0.05, 0.1) is 26.0 Å². The van der Waals surface area contributed by atoms with E-state index in [-0.39, 0.29) is 12.0 Å². The number of rotatable bonds is 5. The van der Waals surface area contributed by atoms with Crippen LogP contribution in [-0.2, 0) is 0 Å². The Bertz CT molecular complexity index is 925. The summed E-state index contributed by atoms with van der Waals surface area (Å²) in [7, 11) is 1.54. The molecule has 0 saturated carbocycles. The summed E-state index contributed by atoms with van der Waals surface area (Å²) in [6.07, 6.45) is 8.68. The smallest absolute Gasteiger partial charge is 0.253 e. The van der Waals surface area contributed by atoms with Gasteiger partial charge in [0.15, 0.2) is 0 Å². The van der Waals surface area contributed by atoms with Crippen LogP contribution in [0, 0.1) is 0 Å². The Morgan fingerprint density at radius 1 is 1.11 bits per heavy atom. The number of hydrogen-bond acceptors (Lipinski definition) is 5. The van der Waals surface area contributed by atoms with Gasteiger partial charge in [-0.2, -0.15) is 4.98 Å². The lowest BCUT2D eigenvalue weighted by molar-refractivity contribution is 0.0525. The highest BCUT2D eigenvalue weighted by molar-refractivity contribution is 5.94. The maximum Gasteiger partial charge on any atom is 0.253 e. The number of piperidine rings is 1. The third-order valence-corrected chi connectivity index (χ3v) is 4.77. The fourth-order valence-electron chi connectivity index (χ4n) is 3.34. The summed E-state index contributed by atoms with van der Waals surface area (Å²) in [6.45, 7) is 1.25. The molecule has 0 aliphatic carbocycles. The molecule has 0 radical (unpaired) electrons. The molecular weight excluding hydrogens is 356 g/mol. The van der Waals surface area contributed by atoms with E-state index in [1.807, 2.05) is 58.3 Å². The molecule has 3 heterocycles. The molecule has 1 saturated heterocycles. The molecule has 3 aromatic rings. The van der Waals surface area contributed by atoms with Gasteiger partial charge < -0.3 is 18.9 Å². The number of carbonyl (C=O) groups excluding carboxylic acids is 1. The van der Waals surface area contributed by atoms with Crippen molar-refractivity contribution in [2.24, 2.45) is 0 Å². The van der Waals surface area contributed by atoms with Crippen molar-refractivity contribution in [2.75, 3.05) is 20.2 Å². The lowest BCUT2D eigenvalue weighted by Crippen LogP contribution is -2.44. The van der Waals surface area contributed by atoms with Crippen LogP contribution in [0.25, 0.3) is 5.69 Å². The quantitative estimate of drug-likeness (QED) is 0.683. The molecule has 1 aromatic carbocycles. The van der Waals surface area contributed by atoms with Crippen LogP contribution in [0.15, 0.2) is 61.2 Å². The van der Waals surface area contributed by atoms with Crippen LogP contribution in [0.5, 0.6) is 11.8 Å². The molecule has 144 valence electrons. The van der Waals surface area contributed by atoms with Gasteiger partial charge >= 0.3 is 0 Å². The number of carbonyl (C=O) groups is 1. The van der Waals surface area contributed by atoms with Crippen molar-refractivity contribution in [1.29, 1.82) is 0 Å². The Kier molecular flexibility index (Phi) is 5.23. The minimum Gasteiger partial charge on any atom is -0.480 e. The Morgan fingerprint density at radius 2 is 1.86 bits per heavy atom. The second-order valence-corrected chi connectivity index (χ2v) is 6.67. The lowest BCUT2D eigenvalue weighted by atomic mass is 10.1. The number of methoxy groups -OCH3 is 1. The van der Waals surface area contributed by atoms with Crippen molar-refractivity contribution in [1.82, 2.24) is 19.4 Å². The fourth-order valence-corrected chi connectivity index (χ4v) is 3.34. The first-order chi connectivity index (χ1) is 13.7. The summed E-state index contributed by atoms with van der Waals surface area (Å²) in [5.74, 6) is 0.836. The average Bonchev–Trinajstić information content (AvgIpc) is 3.29. The molecule has 28 heavy (non-hydrogen) atoms. The lowest BCUT2D eigenvalue weighted by Gasteiger charge is -2.32. The average molecular weight is 378 g/mol. The Labute approximate surface area is 163 Å². The second kappa shape index (κ2) is 8.12. The normalized spacial score (nSPS) is 16.6. The maximum atomic E-state index is 12.9. The largest absolute Gasteiger partial charge is 0.480 e. The number of aromatic nitrogens is 3. The SMILES string of the molecule is COc1cncc(OC2CCCN(C(=O)c3ccc(-n4cccc4)cc3)C2)n1. The number of amides is 1. The van der Waals surface area contributed by atoms with E-state index in [4.69, 9.17) is 9.47 Å². The Morgan fingerprint density at radius 3 is 2.61 bits per heavy atom. The molecule has 2 aromatic heterocycles. The molecule has 0 spiro atoms. The van der Waals surface area contributed by atoms with E-state index < -0.39 is 0 Å². The minimum atomic E-state index is -0.113. The van der Waals surface area contributed by atoms with Gasteiger partial charge in [0.1, 0.15) is 6.10 Å². The molecule has 1 aliphatic rings. The third-order valence-electron chi connectivity index (χ3n) is 4.77. The minimum absolute atomic E-state index is 0.0177. The molecule has 7 nitrogen and oxygen atoms in total. The van der Waals surface area contributed by atoms with Gasteiger partial charge in [-0.25, -0.2) is 0 Å². The zero-order valence-corrected chi connectivity index (χ0v) is 15.7. The van der Waals surface area contributed by atoms with Crippen LogP contribution in [0.1, 0.15) is 23.2 Å². The summed E-state index contributed by atoms with van der Waals surface area (Å²) >= 11 is 0. The highest BCUT2D eigenvalue weighted by Crippen LogP contribution is 2.20. The topological polar surface area (TPSA) is 69.5 Å². The molecule has 1 atom stereocenters. The maximum absolute atomic E-state index is 12.9. The van der Waals surface area contributed by atoms with Crippen LogP contribution in [0.4, 0.5) is 0 Å². The molecule has 1 fully saturated rings. The first kappa shape index (κ1) is 18.0. The van der Waals surface area contributed by atoms with Crippen molar-refractivity contribution in [3.05, 3.63) is 66.7 Å². The van der Waals surface area contributed by atoms with Gasteiger partial charge in [-0.05, 0) is 49.2 Å². The zero-order chi connectivity index (χ0) is 19.3. The number of likely N-dealkylation sites (tertiary alicyclic amines) is 1.